The molecule has 1 N–H and O–H groups in total. The van der Waals surface area contributed by atoms with E-state index in [1.54, 1.807) is 0 Å². The molecule has 2 aromatic carbocycles. The van der Waals surface area contributed by atoms with Crippen LogP contribution in [0.1, 0.15) is 43.5 Å². The first kappa shape index (κ1) is 17.4. The van der Waals surface area contributed by atoms with Crippen LogP contribution < -0.4 is 0 Å². The molecule has 0 radical (unpaired) electrons. The Labute approximate surface area is 166 Å². The zero-order valence-corrected chi connectivity index (χ0v) is 16.3. The summed E-state index contributed by atoms with van der Waals surface area (Å²) in [5.74, 6) is 0.214. The summed E-state index contributed by atoms with van der Waals surface area (Å²) < 4.78 is 2.28. The molecule has 1 fully saturated rings. The average Bonchev–Trinajstić information content (AvgIpc) is 3.14. The van der Waals surface area contributed by atoms with Gasteiger partial charge in [0.1, 0.15) is 0 Å². The predicted octanol–water partition coefficient (Wildman–Crippen LogP) is 5.49. The highest BCUT2D eigenvalue weighted by molar-refractivity contribution is 5.72. The van der Waals surface area contributed by atoms with Gasteiger partial charge in [-0.3, -0.25) is 0 Å². The molecule has 1 aromatic heterocycles. The van der Waals surface area contributed by atoms with Crippen molar-refractivity contribution in [3.8, 4) is 11.3 Å². The third-order valence-corrected chi connectivity index (χ3v) is 6.77. The third-order valence-electron chi connectivity index (χ3n) is 6.77. The molecule has 0 saturated heterocycles. The van der Waals surface area contributed by atoms with Gasteiger partial charge in [0.2, 0.25) is 0 Å². The molecule has 1 saturated carbocycles. The Bertz CT molecular complexity index is 1010. The Hall–Kier alpha value is -2.65. The standard InChI is InChI=1S/C25H26N2O/c1-25-16-27-17-26-23(18-9-4-2-5-10-18)22(27)15-20(25)13-8-14-21(25)24(28)19-11-6-3-7-12-19/h2-7,9-12,15,17,21,24,28H,8,13-14,16H2,1H3/t21-,24+,25+/m1/s1. The predicted molar refractivity (Wildman–Crippen MR) is 112 cm³/mol. The van der Waals surface area contributed by atoms with E-state index in [0.717, 1.165) is 42.6 Å². The molecule has 0 bridgehead atoms. The van der Waals surface area contributed by atoms with Gasteiger partial charge < -0.3 is 9.67 Å². The fourth-order valence-corrected chi connectivity index (χ4v) is 5.21. The molecule has 3 nitrogen and oxygen atoms in total. The Kier molecular flexibility index (Phi) is 4.21. The summed E-state index contributed by atoms with van der Waals surface area (Å²) in [6, 6.07) is 20.5. The second kappa shape index (κ2) is 6.75. The zero-order valence-electron chi connectivity index (χ0n) is 16.3. The van der Waals surface area contributed by atoms with Gasteiger partial charge >= 0.3 is 0 Å². The van der Waals surface area contributed by atoms with E-state index in [9.17, 15) is 5.11 Å². The minimum absolute atomic E-state index is 0.0465. The lowest BCUT2D eigenvalue weighted by atomic mass is 9.60. The van der Waals surface area contributed by atoms with E-state index in [1.165, 1.54) is 11.3 Å². The topological polar surface area (TPSA) is 38.0 Å². The molecule has 3 atom stereocenters. The van der Waals surface area contributed by atoms with Crippen molar-refractivity contribution in [2.24, 2.45) is 11.3 Å². The van der Waals surface area contributed by atoms with Crippen molar-refractivity contribution in [2.45, 2.75) is 38.8 Å². The van der Waals surface area contributed by atoms with E-state index in [1.807, 2.05) is 42.7 Å². The van der Waals surface area contributed by atoms with Crippen molar-refractivity contribution in [1.29, 1.82) is 0 Å². The maximum atomic E-state index is 11.2. The smallest absolute Gasteiger partial charge is 0.0958 e. The lowest BCUT2D eigenvalue weighted by molar-refractivity contribution is 0.0124. The molecule has 1 aliphatic heterocycles. The van der Waals surface area contributed by atoms with Crippen molar-refractivity contribution < 1.29 is 5.11 Å². The van der Waals surface area contributed by atoms with Gasteiger partial charge in [-0.15, -0.1) is 0 Å². The van der Waals surface area contributed by atoms with E-state index in [-0.39, 0.29) is 11.3 Å². The molecule has 142 valence electrons. The molecule has 0 spiro atoms. The number of aliphatic hydroxyl groups is 1. The van der Waals surface area contributed by atoms with Gasteiger partial charge in [-0.05, 0) is 36.8 Å². The van der Waals surface area contributed by atoms with Gasteiger partial charge in [-0.25, -0.2) is 4.98 Å². The van der Waals surface area contributed by atoms with Crippen LogP contribution in [0.15, 0.2) is 72.6 Å². The summed E-state index contributed by atoms with van der Waals surface area (Å²) in [6.07, 6.45) is 7.17. The van der Waals surface area contributed by atoms with Gasteiger partial charge in [0.05, 0.1) is 23.8 Å². The van der Waals surface area contributed by atoms with E-state index < -0.39 is 6.10 Å². The van der Waals surface area contributed by atoms with Gasteiger partial charge in [0.25, 0.3) is 0 Å². The first-order valence-electron chi connectivity index (χ1n) is 10.2. The Morgan fingerprint density at radius 1 is 1.07 bits per heavy atom. The number of rotatable bonds is 3. The summed E-state index contributed by atoms with van der Waals surface area (Å²) in [5.41, 5.74) is 5.86. The van der Waals surface area contributed by atoms with Crippen molar-refractivity contribution in [3.05, 3.63) is 83.8 Å². The quantitative estimate of drug-likeness (QED) is 0.662. The molecule has 2 aliphatic rings. The molecule has 28 heavy (non-hydrogen) atoms. The number of allylic oxidation sites excluding steroid dienone is 1. The molecule has 0 amide bonds. The maximum absolute atomic E-state index is 11.2. The number of hydrogen-bond donors (Lipinski definition) is 1. The molecule has 3 heteroatoms. The summed E-state index contributed by atoms with van der Waals surface area (Å²) in [6.45, 7) is 3.21. The number of benzene rings is 2. The molecule has 0 unspecified atom stereocenters. The Morgan fingerprint density at radius 2 is 1.79 bits per heavy atom. The van der Waals surface area contributed by atoms with E-state index in [2.05, 4.69) is 41.8 Å². The van der Waals surface area contributed by atoms with E-state index in [4.69, 9.17) is 4.98 Å². The number of hydrogen-bond acceptors (Lipinski definition) is 2. The molecule has 5 rings (SSSR count). The average molecular weight is 370 g/mol. The van der Waals surface area contributed by atoms with Crippen LogP contribution in [-0.4, -0.2) is 14.7 Å². The van der Waals surface area contributed by atoms with Gasteiger partial charge in [0, 0.05) is 17.5 Å². The summed E-state index contributed by atoms with van der Waals surface area (Å²) in [5, 5.41) is 11.2. The second-order valence-corrected chi connectivity index (χ2v) is 8.41. The fraction of sp³-hybridized carbons (Fsp3) is 0.320. The highest BCUT2D eigenvalue weighted by Crippen LogP contribution is 2.53. The molecular weight excluding hydrogens is 344 g/mol. The van der Waals surface area contributed by atoms with Gasteiger partial charge in [-0.2, -0.15) is 0 Å². The molecule has 3 aromatic rings. The minimum Gasteiger partial charge on any atom is -0.388 e. The highest BCUT2D eigenvalue weighted by atomic mass is 16.3. The van der Waals surface area contributed by atoms with Crippen molar-refractivity contribution >= 4 is 6.08 Å². The number of imidazole rings is 1. The Balaban J connectivity index is 1.54. The highest BCUT2D eigenvalue weighted by Gasteiger charge is 2.46. The summed E-state index contributed by atoms with van der Waals surface area (Å²) in [7, 11) is 0. The van der Waals surface area contributed by atoms with Crippen LogP contribution in [0.3, 0.4) is 0 Å². The van der Waals surface area contributed by atoms with E-state index in [0.29, 0.717) is 0 Å². The lowest BCUT2D eigenvalue weighted by Gasteiger charge is -2.48. The van der Waals surface area contributed by atoms with Crippen LogP contribution in [0.25, 0.3) is 17.3 Å². The SMILES string of the molecule is C[C@]12Cn3cnc(-c4ccccc4)c3C=C1CCC[C@@H]2[C@@H](O)c1ccccc1. The maximum Gasteiger partial charge on any atom is 0.0958 e. The van der Waals surface area contributed by atoms with Crippen LogP contribution in [0.4, 0.5) is 0 Å². The molecule has 2 heterocycles. The molecule has 1 aliphatic carbocycles. The first-order valence-corrected chi connectivity index (χ1v) is 10.2. The minimum atomic E-state index is -0.437. The zero-order chi connectivity index (χ0) is 19.1. The lowest BCUT2D eigenvalue weighted by Crippen LogP contribution is -2.42. The van der Waals surface area contributed by atoms with E-state index >= 15 is 0 Å². The molecular formula is C25H26N2O. The van der Waals surface area contributed by atoms with Crippen LogP contribution in [0, 0.1) is 11.3 Å². The largest absolute Gasteiger partial charge is 0.388 e. The van der Waals surface area contributed by atoms with Gasteiger partial charge in [0.15, 0.2) is 0 Å². The van der Waals surface area contributed by atoms with Crippen molar-refractivity contribution in [2.75, 3.05) is 0 Å². The number of nitrogens with zero attached hydrogens (tertiary/aromatic N) is 2. The van der Waals surface area contributed by atoms with Crippen LogP contribution in [0.2, 0.25) is 0 Å². The van der Waals surface area contributed by atoms with Crippen molar-refractivity contribution in [1.82, 2.24) is 9.55 Å². The van der Waals surface area contributed by atoms with Crippen LogP contribution >= 0.6 is 0 Å². The third kappa shape index (κ3) is 2.73. The monoisotopic (exact) mass is 370 g/mol. The first-order chi connectivity index (χ1) is 13.7. The number of aromatic nitrogens is 2. The number of aliphatic hydroxyl groups excluding tert-OH is 1. The Morgan fingerprint density at radius 3 is 2.54 bits per heavy atom. The number of fused-ring (bicyclic) bond motifs is 2. The van der Waals surface area contributed by atoms with Crippen molar-refractivity contribution in [3.63, 3.8) is 0 Å². The fourth-order valence-electron chi connectivity index (χ4n) is 5.21. The van der Waals surface area contributed by atoms with Crippen LogP contribution in [0.5, 0.6) is 0 Å². The van der Waals surface area contributed by atoms with Crippen LogP contribution in [-0.2, 0) is 6.54 Å². The van der Waals surface area contributed by atoms with Gasteiger partial charge in [-0.1, -0.05) is 73.2 Å². The normalized spacial score (nSPS) is 24.8. The summed E-state index contributed by atoms with van der Waals surface area (Å²) >= 11 is 0. The second-order valence-electron chi connectivity index (χ2n) is 8.41. The summed E-state index contributed by atoms with van der Waals surface area (Å²) in [4.78, 5) is 4.74.